The number of rotatable bonds is 4. The molecule has 1 aromatic carbocycles. The molecule has 0 fully saturated rings. The Balaban J connectivity index is 1.57. The fraction of sp³-hybridized carbons (Fsp3) is 0. The first-order valence-electron chi connectivity index (χ1n) is 7.55. The molecule has 3 aromatic heterocycles. The lowest BCUT2D eigenvalue weighted by atomic mass is 10.1. The third kappa shape index (κ3) is 3.16. The number of hydrogen-bond acceptors (Lipinski definition) is 5. The van der Waals surface area contributed by atoms with Gasteiger partial charge in [-0.2, -0.15) is 4.37 Å². The van der Waals surface area contributed by atoms with Crippen molar-refractivity contribution in [3.8, 4) is 22.5 Å². The summed E-state index contributed by atoms with van der Waals surface area (Å²) in [6.07, 6.45) is 3.58. The molecule has 4 aromatic rings. The van der Waals surface area contributed by atoms with E-state index >= 15 is 0 Å². The molecule has 0 saturated carbocycles. The molecule has 0 bridgehead atoms. The van der Waals surface area contributed by atoms with Gasteiger partial charge in [-0.25, -0.2) is 4.98 Å². The molecule has 1 N–H and O–H groups in total. The Hall–Kier alpha value is -3.05. The minimum Gasteiger partial charge on any atom is -0.331 e. The quantitative estimate of drug-likeness (QED) is 0.571. The van der Waals surface area contributed by atoms with Crippen LogP contribution < -0.4 is 5.32 Å². The van der Waals surface area contributed by atoms with Crippen molar-refractivity contribution < 1.29 is 0 Å². The number of nitrogens with zero attached hydrogens (tertiary/aromatic N) is 3. The molecule has 116 valence electrons. The Morgan fingerprint density at radius 3 is 2.42 bits per heavy atom. The normalized spacial score (nSPS) is 10.5. The van der Waals surface area contributed by atoms with Crippen molar-refractivity contribution in [2.24, 2.45) is 0 Å². The van der Waals surface area contributed by atoms with Crippen molar-refractivity contribution in [1.82, 2.24) is 14.3 Å². The van der Waals surface area contributed by atoms with E-state index in [0.29, 0.717) is 0 Å². The fourth-order valence-electron chi connectivity index (χ4n) is 2.40. The molecular weight excluding hydrogens is 316 g/mol. The van der Waals surface area contributed by atoms with Crippen molar-refractivity contribution in [3.05, 3.63) is 79.1 Å². The summed E-state index contributed by atoms with van der Waals surface area (Å²) in [5, 5.41) is 4.26. The lowest BCUT2D eigenvalue weighted by Crippen LogP contribution is -1.91. The van der Waals surface area contributed by atoms with E-state index in [4.69, 9.17) is 0 Å². The van der Waals surface area contributed by atoms with Gasteiger partial charge in [0, 0.05) is 18.5 Å². The summed E-state index contributed by atoms with van der Waals surface area (Å²) >= 11 is 1.40. The van der Waals surface area contributed by atoms with Crippen molar-refractivity contribution in [2.75, 3.05) is 5.32 Å². The number of benzene rings is 1. The van der Waals surface area contributed by atoms with Crippen LogP contribution in [0.25, 0.3) is 22.5 Å². The molecule has 4 rings (SSSR count). The smallest absolute Gasteiger partial charge is 0.131 e. The third-order valence-electron chi connectivity index (χ3n) is 3.56. The molecular formula is C19H14N4S. The van der Waals surface area contributed by atoms with E-state index in [0.717, 1.165) is 27.8 Å². The van der Waals surface area contributed by atoms with Gasteiger partial charge in [-0.15, -0.1) is 0 Å². The molecule has 0 radical (unpaired) electrons. The second-order valence-electron chi connectivity index (χ2n) is 5.21. The lowest BCUT2D eigenvalue weighted by molar-refractivity contribution is 1.30. The predicted octanol–water partition coefficient (Wildman–Crippen LogP) is 5.01. The van der Waals surface area contributed by atoms with Crippen LogP contribution in [-0.4, -0.2) is 14.3 Å². The van der Waals surface area contributed by atoms with Crippen LogP contribution in [0.1, 0.15) is 0 Å². The van der Waals surface area contributed by atoms with E-state index in [1.165, 1.54) is 17.1 Å². The largest absolute Gasteiger partial charge is 0.331 e. The van der Waals surface area contributed by atoms with Crippen LogP contribution in [0.4, 0.5) is 10.8 Å². The Kier molecular flexibility index (Phi) is 4.00. The molecule has 0 aliphatic carbocycles. The molecule has 0 aliphatic rings. The molecule has 0 spiro atoms. The second kappa shape index (κ2) is 6.60. The van der Waals surface area contributed by atoms with Crippen LogP contribution in [0.2, 0.25) is 0 Å². The van der Waals surface area contributed by atoms with Gasteiger partial charge in [0.1, 0.15) is 16.5 Å². The summed E-state index contributed by atoms with van der Waals surface area (Å²) in [6, 6.07) is 22.1. The first kappa shape index (κ1) is 14.5. The van der Waals surface area contributed by atoms with Crippen molar-refractivity contribution in [3.63, 3.8) is 0 Å². The zero-order valence-electron chi connectivity index (χ0n) is 12.8. The van der Waals surface area contributed by atoms with Gasteiger partial charge in [0.05, 0.1) is 5.69 Å². The molecule has 3 heterocycles. The molecule has 0 saturated heterocycles. The van der Waals surface area contributed by atoms with E-state index in [1.54, 1.807) is 6.20 Å². The molecule has 0 aliphatic heterocycles. The van der Waals surface area contributed by atoms with Gasteiger partial charge in [-0.1, -0.05) is 36.4 Å². The van der Waals surface area contributed by atoms with Crippen molar-refractivity contribution in [1.29, 1.82) is 0 Å². The Bertz CT molecular complexity index is 936. The van der Waals surface area contributed by atoms with Crippen LogP contribution in [0.15, 0.2) is 79.1 Å². The highest BCUT2D eigenvalue weighted by Gasteiger charge is 2.07. The number of hydrogen-bond donors (Lipinski definition) is 1. The summed E-state index contributed by atoms with van der Waals surface area (Å²) in [5.41, 5.74) is 4.03. The molecule has 4 nitrogen and oxygen atoms in total. The zero-order chi connectivity index (χ0) is 16.2. The minimum absolute atomic E-state index is 0.799. The number of aromatic nitrogens is 3. The van der Waals surface area contributed by atoms with Crippen LogP contribution in [0.3, 0.4) is 0 Å². The topological polar surface area (TPSA) is 50.7 Å². The Labute approximate surface area is 144 Å². The Morgan fingerprint density at radius 2 is 1.58 bits per heavy atom. The first-order valence-corrected chi connectivity index (χ1v) is 8.32. The molecule has 0 atom stereocenters. The molecule has 5 heteroatoms. The number of pyridine rings is 2. The maximum atomic E-state index is 4.45. The van der Waals surface area contributed by atoms with Gasteiger partial charge < -0.3 is 5.32 Å². The van der Waals surface area contributed by atoms with E-state index in [1.807, 2.05) is 60.8 Å². The predicted molar refractivity (Wildman–Crippen MR) is 98.3 cm³/mol. The van der Waals surface area contributed by atoms with Gasteiger partial charge in [0.15, 0.2) is 0 Å². The SMILES string of the molecule is c1ccc(-c2ccnc(Nc3cc(-c4ccccn4)ns3)c2)cc1. The maximum absolute atomic E-state index is 4.45. The summed E-state index contributed by atoms with van der Waals surface area (Å²) in [4.78, 5) is 8.72. The van der Waals surface area contributed by atoms with E-state index < -0.39 is 0 Å². The average molecular weight is 330 g/mol. The summed E-state index contributed by atoms with van der Waals surface area (Å²) in [6.45, 7) is 0. The summed E-state index contributed by atoms with van der Waals surface area (Å²) < 4.78 is 4.45. The molecule has 24 heavy (non-hydrogen) atoms. The number of nitrogens with one attached hydrogen (secondary N) is 1. The highest BCUT2D eigenvalue weighted by atomic mass is 32.1. The molecule has 0 unspecified atom stereocenters. The number of anilines is 2. The van der Waals surface area contributed by atoms with Crippen LogP contribution >= 0.6 is 11.5 Å². The standard InChI is InChI=1S/C19H14N4S/c1-2-6-14(7-3-1)15-9-11-21-18(12-15)22-19-13-17(23-24-19)16-8-4-5-10-20-16/h1-13H,(H,21,22). The van der Waals surface area contributed by atoms with Crippen LogP contribution in [0.5, 0.6) is 0 Å². The highest BCUT2D eigenvalue weighted by molar-refractivity contribution is 7.10. The fourth-order valence-corrected chi connectivity index (χ4v) is 3.06. The summed E-state index contributed by atoms with van der Waals surface area (Å²) in [5.74, 6) is 0.799. The average Bonchev–Trinajstić information content (AvgIpc) is 3.12. The van der Waals surface area contributed by atoms with Crippen LogP contribution in [0, 0.1) is 0 Å². The zero-order valence-corrected chi connectivity index (χ0v) is 13.6. The maximum Gasteiger partial charge on any atom is 0.131 e. The van der Waals surface area contributed by atoms with Gasteiger partial charge in [-0.05, 0) is 46.9 Å². The highest BCUT2D eigenvalue weighted by Crippen LogP contribution is 2.27. The van der Waals surface area contributed by atoms with Crippen LogP contribution in [-0.2, 0) is 0 Å². The third-order valence-corrected chi connectivity index (χ3v) is 4.26. The second-order valence-corrected chi connectivity index (χ2v) is 6.02. The van der Waals surface area contributed by atoms with Gasteiger partial charge >= 0.3 is 0 Å². The Morgan fingerprint density at radius 1 is 0.708 bits per heavy atom. The van der Waals surface area contributed by atoms with Gasteiger partial charge in [-0.3, -0.25) is 4.98 Å². The van der Waals surface area contributed by atoms with Crippen molar-refractivity contribution >= 4 is 22.4 Å². The summed E-state index contributed by atoms with van der Waals surface area (Å²) in [7, 11) is 0. The van der Waals surface area contributed by atoms with E-state index in [2.05, 4.69) is 31.8 Å². The molecule has 0 amide bonds. The first-order chi connectivity index (χ1) is 11.9. The van der Waals surface area contributed by atoms with Crippen molar-refractivity contribution in [2.45, 2.75) is 0 Å². The monoisotopic (exact) mass is 330 g/mol. The van der Waals surface area contributed by atoms with E-state index in [-0.39, 0.29) is 0 Å². The van der Waals surface area contributed by atoms with E-state index in [9.17, 15) is 0 Å². The minimum atomic E-state index is 0.799. The lowest BCUT2D eigenvalue weighted by Gasteiger charge is -2.05. The van der Waals surface area contributed by atoms with Gasteiger partial charge in [0.25, 0.3) is 0 Å². The van der Waals surface area contributed by atoms with Gasteiger partial charge in [0.2, 0.25) is 0 Å².